The smallest absolute Gasteiger partial charge is 0.279 e. The van der Waals surface area contributed by atoms with Crippen molar-refractivity contribution in [3.63, 3.8) is 0 Å². The summed E-state index contributed by atoms with van der Waals surface area (Å²) in [5.41, 5.74) is 4.18. The fraction of sp³-hybridized carbons (Fsp3) is 0.409. The van der Waals surface area contributed by atoms with Crippen LogP contribution in [0.2, 0.25) is 0 Å². The molecule has 0 aliphatic rings. The van der Waals surface area contributed by atoms with E-state index in [0.29, 0.717) is 18.4 Å². The summed E-state index contributed by atoms with van der Waals surface area (Å²) in [5.74, 6) is 0.415. The zero-order chi connectivity index (χ0) is 19.3. The van der Waals surface area contributed by atoms with Gasteiger partial charge in [0, 0.05) is 17.2 Å². The van der Waals surface area contributed by atoms with Gasteiger partial charge in [0.25, 0.3) is 5.91 Å². The fourth-order valence-corrected chi connectivity index (χ4v) is 3.24. The van der Waals surface area contributed by atoms with Crippen molar-refractivity contribution >= 4 is 11.6 Å². The molecule has 2 rings (SSSR count). The van der Waals surface area contributed by atoms with E-state index in [0.717, 1.165) is 22.4 Å². The van der Waals surface area contributed by atoms with Crippen LogP contribution in [-0.2, 0) is 4.79 Å². The summed E-state index contributed by atoms with van der Waals surface area (Å²) >= 11 is 0. The average molecular weight is 357 g/mol. The van der Waals surface area contributed by atoms with Crippen LogP contribution in [0.25, 0.3) is 0 Å². The molecule has 0 heterocycles. The summed E-state index contributed by atoms with van der Waals surface area (Å²) in [5, 5.41) is 5.11. The van der Waals surface area contributed by atoms with Gasteiger partial charge in [-0.1, -0.05) is 58.0 Å². The first-order valence-corrected chi connectivity index (χ1v) is 9.27. The lowest BCUT2D eigenvalue weighted by atomic mass is 9.96. The van der Waals surface area contributed by atoms with E-state index < -0.39 is 0 Å². The zero-order valence-electron chi connectivity index (χ0n) is 16.3. The Hall–Kier alpha value is -2.20. The van der Waals surface area contributed by atoms with E-state index in [1.54, 1.807) is 12.1 Å². The number of carbonyl (C=O) groups excluding carboxylic acids is 1. The quantitative estimate of drug-likeness (QED) is 0.768. The maximum Gasteiger partial charge on any atom is 0.279 e. The Balaban J connectivity index is 2.07. The Morgan fingerprint density at radius 2 is 1.73 bits per heavy atom. The van der Waals surface area contributed by atoms with Crippen LogP contribution in [0.15, 0.2) is 42.5 Å². The molecule has 0 unspecified atom stereocenters. The molecule has 0 saturated heterocycles. The summed E-state index contributed by atoms with van der Waals surface area (Å²) in [7, 11) is 0. The highest BCUT2D eigenvalue weighted by Crippen LogP contribution is 2.27. The molecule has 0 fully saturated rings. The first-order chi connectivity index (χ1) is 12.3. The molecule has 2 aromatic carbocycles. The van der Waals surface area contributed by atoms with Gasteiger partial charge in [-0.05, 0) is 36.1 Å². The highest BCUT2D eigenvalue weighted by molar-refractivity contribution is 5.93. The van der Waals surface area contributed by atoms with Crippen LogP contribution < -0.4 is 10.6 Å². The number of rotatable bonds is 7. The fourth-order valence-electron chi connectivity index (χ4n) is 3.24. The SMILES string of the molecule is Cc1cccc(C(C)C)c1NC(=O)C[NH2+][C@@H](c1ccc(F)cc1)C(C)C. The van der Waals surface area contributed by atoms with Crippen molar-refractivity contribution in [2.45, 2.75) is 46.6 Å². The van der Waals surface area contributed by atoms with Crippen molar-refractivity contribution in [2.75, 3.05) is 11.9 Å². The second-order valence-electron chi connectivity index (χ2n) is 7.50. The molecular weight excluding hydrogens is 327 g/mol. The Morgan fingerprint density at radius 1 is 1.08 bits per heavy atom. The number of carbonyl (C=O) groups is 1. The molecule has 4 heteroatoms. The number of nitrogens with one attached hydrogen (secondary N) is 1. The first-order valence-electron chi connectivity index (χ1n) is 9.27. The molecular formula is C22H30FN2O+. The van der Waals surface area contributed by atoms with Crippen molar-refractivity contribution in [3.05, 3.63) is 65.0 Å². The Morgan fingerprint density at radius 3 is 2.31 bits per heavy atom. The Kier molecular flexibility index (Phi) is 6.92. The minimum Gasteiger partial charge on any atom is -0.332 e. The van der Waals surface area contributed by atoms with Crippen molar-refractivity contribution < 1.29 is 14.5 Å². The molecule has 0 aromatic heterocycles. The first kappa shape index (κ1) is 20.1. The zero-order valence-corrected chi connectivity index (χ0v) is 16.3. The third kappa shape index (κ3) is 5.15. The predicted octanol–water partition coefficient (Wildman–Crippen LogP) is 4.16. The maximum absolute atomic E-state index is 13.2. The maximum atomic E-state index is 13.2. The molecule has 0 aliphatic carbocycles. The van der Waals surface area contributed by atoms with E-state index >= 15 is 0 Å². The highest BCUT2D eigenvalue weighted by atomic mass is 19.1. The number of hydrogen-bond acceptors (Lipinski definition) is 1. The topological polar surface area (TPSA) is 45.7 Å². The number of para-hydroxylation sites is 1. The molecule has 2 aromatic rings. The predicted molar refractivity (Wildman–Crippen MR) is 105 cm³/mol. The average Bonchev–Trinajstić information content (AvgIpc) is 2.58. The third-order valence-electron chi connectivity index (χ3n) is 4.72. The van der Waals surface area contributed by atoms with Crippen molar-refractivity contribution in [1.82, 2.24) is 0 Å². The Labute approximate surface area is 156 Å². The molecule has 1 atom stereocenters. The van der Waals surface area contributed by atoms with Crippen LogP contribution in [0, 0.1) is 18.7 Å². The number of anilines is 1. The molecule has 0 aliphatic heterocycles. The van der Waals surface area contributed by atoms with Gasteiger partial charge in [-0.25, -0.2) is 4.39 Å². The van der Waals surface area contributed by atoms with Crippen LogP contribution in [-0.4, -0.2) is 12.5 Å². The monoisotopic (exact) mass is 357 g/mol. The van der Waals surface area contributed by atoms with Crippen LogP contribution in [0.4, 0.5) is 10.1 Å². The number of hydrogen-bond donors (Lipinski definition) is 2. The molecule has 0 bridgehead atoms. The summed E-state index contributed by atoms with van der Waals surface area (Å²) in [6.07, 6.45) is 0. The van der Waals surface area contributed by atoms with Gasteiger partial charge >= 0.3 is 0 Å². The van der Waals surface area contributed by atoms with Gasteiger partial charge in [0.15, 0.2) is 6.54 Å². The molecule has 26 heavy (non-hydrogen) atoms. The van der Waals surface area contributed by atoms with E-state index in [9.17, 15) is 9.18 Å². The number of quaternary nitrogens is 1. The second-order valence-corrected chi connectivity index (χ2v) is 7.50. The van der Waals surface area contributed by atoms with Gasteiger partial charge < -0.3 is 10.6 Å². The summed E-state index contributed by atoms with van der Waals surface area (Å²) in [6, 6.07) is 12.8. The van der Waals surface area contributed by atoms with Gasteiger partial charge in [0.1, 0.15) is 11.9 Å². The minimum atomic E-state index is -0.241. The van der Waals surface area contributed by atoms with Crippen molar-refractivity contribution in [1.29, 1.82) is 0 Å². The normalized spacial score (nSPS) is 12.5. The lowest BCUT2D eigenvalue weighted by Gasteiger charge is -2.20. The molecule has 3 nitrogen and oxygen atoms in total. The van der Waals surface area contributed by atoms with Crippen molar-refractivity contribution in [2.24, 2.45) is 5.92 Å². The van der Waals surface area contributed by atoms with Gasteiger partial charge in [-0.2, -0.15) is 0 Å². The largest absolute Gasteiger partial charge is 0.332 e. The van der Waals surface area contributed by atoms with Gasteiger partial charge in [-0.15, -0.1) is 0 Å². The molecule has 0 radical (unpaired) electrons. The number of nitrogens with two attached hydrogens (primary N) is 1. The number of amides is 1. The standard InChI is InChI=1S/C22H29FN2O/c1-14(2)19-8-6-7-16(5)22(19)25-20(26)13-24-21(15(3)4)17-9-11-18(23)12-10-17/h6-12,14-15,21,24H,13H2,1-5H3,(H,25,26)/p+1/t21-/m1/s1. The van der Waals surface area contributed by atoms with E-state index in [-0.39, 0.29) is 17.8 Å². The van der Waals surface area contributed by atoms with Crippen LogP contribution >= 0.6 is 0 Å². The van der Waals surface area contributed by atoms with Gasteiger partial charge in [0.05, 0.1) is 0 Å². The van der Waals surface area contributed by atoms with E-state index in [2.05, 4.69) is 39.1 Å². The molecule has 3 N–H and O–H groups in total. The lowest BCUT2D eigenvalue weighted by molar-refractivity contribution is -0.692. The van der Waals surface area contributed by atoms with E-state index in [1.807, 2.05) is 24.4 Å². The molecule has 140 valence electrons. The summed E-state index contributed by atoms with van der Waals surface area (Å²) < 4.78 is 13.2. The van der Waals surface area contributed by atoms with Crippen molar-refractivity contribution in [3.8, 4) is 0 Å². The van der Waals surface area contributed by atoms with E-state index in [4.69, 9.17) is 0 Å². The molecule has 0 saturated carbocycles. The van der Waals surface area contributed by atoms with Crippen LogP contribution in [0.5, 0.6) is 0 Å². The number of benzene rings is 2. The number of aryl methyl sites for hydroxylation is 1. The third-order valence-corrected chi connectivity index (χ3v) is 4.72. The van der Waals surface area contributed by atoms with E-state index in [1.165, 1.54) is 12.1 Å². The summed E-state index contributed by atoms with van der Waals surface area (Å²) in [4.78, 5) is 12.5. The van der Waals surface area contributed by atoms with Crippen LogP contribution in [0.1, 0.15) is 56.3 Å². The molecule has 0 spiro atoms. The minimum absolute atomic E-state index is 0.0195. The van der Waals surface area contributed by atoms with Gasteiger partial charge in [-0.3, -0.25) is 4.79 Å². The van der Waals surface area contributed by atoms with Crippen LogP contribution in [0.3, 0.4) is 0 Å². The second kappa shape index (κ2) is 8.95. The lowest BCUT2D eigenvalue weighted by Crippen LogP contribution is -2.88. The summed E-state index contributed by atoms with van der Waals surface area (Å²) in [6.45, 7) is 10.8. The highest BCUT2D eigenvalue weighted by Gasteiger charge is 2.21. The van der Waals surface area contributed by atoms with Gasteiger partial charge in [0.2, 0.25) is 0 Å². The Bertz CT molecular complexity index is 738. The molecule has 1 amide bonds. The number of halogens is 1.